The summed E-state index contributed by atoms with van der Waals surface area (Å²) in [7, 11) is 1.60. The van der Waals surface area contributed by atoms with Gasteiger partial charge in [0.15, 0.2) is 6.61 Å². The van der Waals surface area contributed by atoms with Crippen molar-refractivity contribution in [2.24, 2.45) is 0 Å². The highest BCUT2D eigenvalue weighted by Gasteiger charge is 2.32. The van der Waals surface area contributed by atoms with Crippen molar-refractivity contribution in [1.82, 2.24) is 10.2 Å². The zero-order chi connectivity index (χ0) is 26.7. The van der Waals surface area contributed by atoms with Crippen molar-refractivity contribution >= 4 is 23.4 Å². The number of carbonyl (C=O) groups is 2. The van der Waals surface area contributed by atoms with E-state index >= 15 is 0 Å². The molecule has 0 saturated carbocycles. The number of hydrogen-bond acceptors (Lipinski definition) is 4. The molecular weight excluding hydrogens is 500 g/mol. The molecule has 0 radical (unpaired) electrons. The van der Waals surface area contributed by atoms with Crippen LogP contribution in [0.15, 0.2) is 109 Å². The topological polar surface area (TPSA) is 67.9 Å². The van der Waals surface area contributed by atoms with Gasteiger partial charge in [0.05, 0.1) is 12.1 Å². The Labute approximate surface area is 227 Å². The standard InChI is InChI=1S/C31H29ClN2O4/c1-37-26-18-16-24(17-19-26)21-34(29(35)22-38-28-15-9-8-14-27(28)32)30(25-12-6-3-7-13-25)31(36)33-20-23-10-4-2-5-11-23/h2-19,30H,20-22H2,1H3,(H,33,36)/t30-/m1/s1. The minimum atomic E-state index is -0.885. The van der Waals surface area contributed by atoms with Crippen LogP contribution in [0.2, 0.25) is 5.02 Å². The number of ether oxygens (including phenoxy) is 2. The summed E-state index contributed by atoms with van der Waals surface area (Å²) in [6, 6.07) is 32.4. The summed E-state index contributed by atoms with van der Waals surface area (Å²) in [5.41, 5.74) is 2.49. The Morgan fingerprint density at radius 3 is 2.11 bits per heavy atom. The molecule has 6 nitrogen and oxygen atoms in total. The predicted octanol–water partition coefficient (Wildman–Crippen LogP) is 5.81. The first-order valence-corrected chi connectivity index (χ1v) is 12.6. The fourth-order valence-corrected chi connectivity index (χ4v) is 4.22. The second kappa shape index (κ2) is 13.3. The van der Waals surface area contributed by atoms with E-state index in [2.05, 4.69) is 5.32 Å². The molecule has 4 aromatic carbocycles. The molecule has 0 aliphatic carbocycles. The van der Waals surface area contributed by atoms with Gasteiger partial charge in [-0.25, -0.2) is 0 Å². The fourth-order valence-electron chi connectivity index (χ4n) is 4.03. The monoisotopic (exact) mass is 528 g/mol. The maximum Gasteiger partial charge on any atom is 0.261 e. The van der Waals surface area contributed by atoms with Gasteiger partial charge in [-0.05, 0) is 41.0 Å². The quantitative estimate of drug-likeness (QED) is 0.266. The molecule has 0 bridgehead atoms. The zero-order valence-electron chi connectivity index (χ0n) is 21.0. The highest BCUT2D eigenvalue weighted by atomic mass is 35.5. The summed E-state index contributed by atoms with van der Waals surface area (Å²) in [4.78, 5) is 28.9. The lowest BCUT2D eigenvalue weighted by molar-refractivity contribution is -0.143. The van der Waals surface area contributed by atoms with E-state index in [1.54, 1.807) is 31.4 Å². The van der Waals surface area contributed by atoms with Crippen LogP contribution in [0.4, 0.5) is 0 Å². The van der Waals surface area contributed by atoms with Crippen LogP contribution < -0.4 is 14.8 Å². The second-order valence-electron chi connectivity index (χ2n) is 8.61. The van der Waals surface area contributed by atoms with Crippen molar-refractivity contribution in [2.75, 3.05) is 13.7 Å². The van der Waals surface area contributed by atoms with Gasteiger partial charge < -0.3 is 19.7 Å². The van der Waals surface area contributed by atoms with Crippen LogP contribution in [0.1, 0.15) is 22.7 Å². The van der Waals surface area contributed by atoms with Crippen molar-refractivity contribution in [1.29, 1.82) is 0 Å². The van der Waals surface area contributed by atoms with Gasteiger partial charge in [-0.3, -0.25) is 9.59 Å². The molecule has 0 saturated heterocycles. The highest BCUT2D eigenvalue weighted by Crippen LogP contribution is 2.27. The lowest BCUT2D eigenvalue weighted by Gasteiger charge is -2.31. The third kappa shape index (κ3) is 7.14. The maximum atomic E-state index is 13.7. The summed E-state index contributed by atoms with van der Waals surface area (Å²) in [5, 5.41) is 3.41. The van der Waals surface area contributed by atoms with Gasteiger partial charge in [0, 0.05) is 13.1 Å². The van der Waals surface area contributed by atoms with Gasteiger partial charge in [-0.2, -0.15) is 0 Å². The summed E-state index contributed by atoms with van der Waals surface area (Å²) >= 11 is 6.23. The van der Waals surface area contributed by atoms with Crippen molar-refractivity contribution in [2.45, 2.75) is 19.1 Å². The molecule has 38 heavy (non-hydrogen) atoms. The second-order valence-corrected chi connectivity index (χ2v) is 9.01. The number of amides is 2. The van der Waals surface area contributed by atoms with Crippen LogP contribution in [0, 0.1) is 0 Å². The highest BCUT2D eigenvalue weighted by molar-refractivity contribution is 6.32. The van der Waals surface area contributed by atoms with Crippen LogP contribution in [0.3, 0.4) is 0 Å². The molecule has 0 aliphatic rings. The molecule has 7 heteroatoms. The first-order chi connectivity index (χ1) is 18.5. The Kier molecular flexibility index (Phi) is 9.37. The smallest absolute Gasteiger partial charge is 0.261 e. The average Bonchev–Trinajstić information content (AvgIpc) is 2.96. The number of para-hydroxylation sites is 1. The SMILES string of the molecule is COc1ccc(CN(C(=O)COc2ccccc2Cl)[C@@H](C(=O)NCc2ccccc2)c2ccccc2)cc1. The normalized spacial score (nSPS) is 11.3. The van der Waals surface area contributed by atoms with Crippen molar-refractivity contribution < 1.29 is 19.1 Å². The Hall–Kier alpha value is -4.29. The average molecular weight is 529 g/mol. The van der Waals surface area contributed by atoms with Crippen molar-refractivity contribution in [3.63, 3.8) is 0 Å². The first-order valence-electron chi connectivity index (χ1n) is 12.2. The maximum absolute atomic E-state index is 13.7. The number of methoxy groups -OCH3 is 1. The predicted molar refractivity (Wildman–Crippen MR) is 148 cm³/mol. The number of nitrogens with zero attached hydrogens (tertiary/aromatic N) is 1. The molecule has 4 rings (SSSR count). The van der Waals surface area contributed by atoms with E-state index in [0.717, 1.165) is 11.1 Å². The Bertz CT molecular complexity index is 1330. The molecule has 194 valence electrons. The van der Waals surface area contributed by atoms with Gasteiger partial charge in [0.2, 0.25) is 5.91 Å². The van der Waals surface area contributed by atoms with Gasteiger partial charge in [0.25, 0.3) is 5.91 Å². The molecule has 0 aromatic heterocycles. The van der Waals surface area contributed by atoms with Gasteiger partial charge in [-0.1, -0.05) is 96.5 Å². The van der Waals surface area contributed by atoms with E-state index in [-0.39, 0.29) is 25.0 Å². The largest absolute Gasteiger partial charge is 0.497 e. The first kappa shape index (κ1) is 26.8. The number of rotatable bonds is 11. The fraction of sp³-hybridized carbons (Fsp3) is 0.161. The molecule has 0 heterocycles. The minimum Gasteiger partial charge on any atom is -0.497 e. The van der Waals surface area contributed by atoms with Crippen LogP contribution in [0.5, 0.6) is 11.5 Å². The molecule has 0 unspecified atom stereocenters. The van der Waals surface area contributed by atoms with E-state index < -0.39 is 6.04 Å². The van der Waals surface area contributed by atoms with E-state index in [1.807, 2.05) is 84.9 Å². The van der Waals surface area contributed by atoms with E-state index in [0.29, 0.717) is 28.6 Å². The number of carbonyl (C=O) groups excluding carboxylic acids is 2. The summed E-state index contributed by atoms with van der Waals surface area (Å²) in [6.45, 7) is 0.242. The van der Waals surface area contributed by atoms with Crippen LogP contribution >= 0.6 is 11.6 Å². The van der Waals surface area contributed by atoms with Crippen molar-refractivity contribution in [3.05, 3.63) is 131 Å². The number of hydrogen-bond donors (Lipinski definition) is 1. The van der Waals surface area contributed by atoms with Gasteiger partial charge in [0.1, 0.15) is 17.5 Å². The van der Waals surface area contributed by atoms with Crippen LogP contribution in [-0.2, 0) is 22.7 Å². The number of halogens is 1. The van der Waals surface area contributed by atoms with Gasteiger partial charge in [-0.15, -0.1) is 0 Å². The van der Waals surface area contributed by atoms with Crippen LogP contribution in [0.25, 0.3) is 0 Å². The number of benzene rings is 4. The Morgan fingerprint density at radius 2 is 1.45 bits per heavy atom. The Morgan fingerprint density at radius 1 is 0.816 bits per heavy atom. The van der Waals surface area contributed by atoms with E-state index in [9.17, 15) is 9.59 Å². The summed E-state index contributed by atoms with van der Waals surface area (Å²) in [5.74, 6) is 0.453. The molecule has 4 aromatic rings. The molecule has 0 aliphatic heterocycles. The number of nitrogens with one attached hydrogen (secondary N) is 1. The third-order valence-electron chi connectivity index (χ3n) is 6.01. The minimum absolute atomic E-state index is 0.188. The van der Waals surface area contributed by atoms with Gasteiger partial charge >= 0.3 is 0 Å². The summed E-state index contributed by atoms with van der Waals surface area (Å²) in [6.07, 6.45) is 0. The van der Waals surface area contributed by atoms with Crippen molar-refractivity contribution in [3.8, 4) is 11.5 Å². The van der Waals surface area contributed by atoms with E-state index in [1.165, 1.54) is 4.90 Å². The lowest BCUT2D eigenvalue weighted by atomic mass is 10.0. The molecule has 2 amide bonds. The molecule has 1 N–H and O–H groups in total. The Balaban J connectivity index is 1.64. The summed E-state index contributed by atoms with van der Waals surface area (Å²) < 4.78 is 11.0. The molecular formula is C31H29ClN2O4. The third-order valence-corrected chi connectivity index (χ3v) is 6.32. The molecule has 1 atom stereocenters. The molecule has 0 fully saturated rings. The molecule has 0 spiro atoms. The zero-order valence-corrected chi connectivity index (χ0v) is 21.8. The lowest BCUT2D eigenvalue weighted by Crippen LogP contribution is -2.45. The van der Waals surface area contributed by atoms with E-state index in [4.69, 9.17) is 21.1 Å². The van der Waals surface area contributed by atoms with Crippen LogP contribution in [-0.4, -0.2) is 30.4 Å².